The number of rotatable bonds is 5. The van der Waals surface area contributed by atoms with Crippen molar-refractivity contribution >= 4 is 29.3 Å². The quantitative estimate of drug-likeness (QED) is 0.667. The predicted octanol–water partition coefficient (Wildman–Crippen LogP) is 1.52. The number of carboxylic acids is 1. The zero-order valence-electron chi connectivity index (χ0n) is 10.8. The fourth-order valence-electron chi connectivity index (χ4n) is 1.61. The molecule has 2 aromatic rings. The normalized spacial score (nSPS) is 10.1. The first-order chi connectivity index (χ1) is 10.1. The van der Waals surface area contributed by atoms with Gasteiger partial charge in [-0.25, -0.2) is 14.6 Å². The van der Waals surface area contributed by atoms with Gasteiger partial charge in [0.2, 0.25) is 0 Å². The Morgan fingerprint density at radius 2 is 2.19 bits per heavy atom. The molecule has 21 heavy (non-hydrogen) atoms. The summed E-state index contributed by atoms with van der Waals surface area (Å²) in [6.45, 7) is 0.330. The number of hydrogen-bond donors (Lipinski definition) is 4. The lowest BCUT2D eigenvalue weighted by Gasteiger charge is -2.09. The van der Waals surface area contributed by atoms with Crippen LogP contribution in [0.3, 0.4) is 0 Å². The van der Waals surface area contributed by atoms with E-state index < -0.39 is 12.0 Å². The van der Waals surface area contributed by atoms with E-state index in [0.29, 0.717) is 18.8 Å². The minimum absolute atomic E-state index is 0.0760. The molecule has 1 aromatic carbocycles. The topological polar surface area (TPSA) is 120 Å². The highest BCUT2D eigenvalue weighted by Gasteiger charge is 2.12. The van der Waals surface area contributed by atoms with E-state index in [4.69, 9.17) is 16.7 Å². The maximum absolute atomic E-state index is 11.7. The summed E-state index contributed by atoms with van der Waals surface area (Å²) in [4.78, 5) is 26.7. The summed E-state index contributed by atoms with van der Waals surface area (Å²) in [7, 11) is 0. The smallest absolute Gasteiger partial charge is 0.337 e. The predicted molar refractivity (Wildman–Crippen MR) is 75.5 cm³/mol. The van der Waals surface area contributed by atoms with Gasteiger partial charge in [0.05, 0.1) is 11.3 Å². The first-order valence-corrected chi connectivity index (χ1v) is 6.36. The molecule has 2 amide bonds. The van der Waals surface area contributed by atoms with E-state index in [1.54, 1.807) is 0 Å². The lowest BCUT2D eigenvalue weighted by atomic mass is 10.2. The van der Waals surface area contributed by atoms with Crippen LogP contribution in [-0.2, 0) is 6.42 Å². The van der Waals surface area contributed by atoms with Crippen LogP contribution in [0.25, 0.3) is 0 Å². The Balaban J connectivity index is 1.92. The van der Waals surface area contributed by atoms with Crippen LogP contribution < -0.4 is 10.6 Å². The van der Waals surface area contributed by atoms with Gasteiger partial charge in [-0.05, 0) is 18.2 Å². The van der Waals surface area contributed by atoms with Gasteiger partial charge in [-0.2, -0.15) is 5.10 Å². The summed E-state index contributed by atoms with van der Waals surface area (Å²) in [5.74, 6) is -0.525. The van der Waals surface area contributed by atoms with Gasteiger partial charge in [0.1, 0.15) is 12.2 Å². The molecule has 8 nitrogen and oxygen atoms in total. The second-order valence-electron chi connectivity index (χ2n) is 4.06. The summed E-state index contributed by atoms with van der Waals surface area (Å²) in [5.41, 5.74) is 0.0944. The summed E-state index contributed by atoms with van der Waals surface area (Å²) >= 11 is 5.73. The Labute approximate surface area is 124 Å². The standard InChI is InChI=1S/C12H12ClN5O3/c13-7-1-2-9(8(5-7)11(19)20)17-12(21)14-4-3-10-15-6-16-18-10/h1-2,5-6H,3-4H2,(H,19,20)(H2,14,17,21)(H,15,16,18). The number of urea groups is 1. The number of nitrogens with zero attached hydrogens (tertiary/aromatic N) is 2. The zero-order chi connectivity index (χ0) is 15.2. The van der Waals surface area contributed by atoms with E-state index in [-0.39, 0.29) is 16.3 Å². The highest BCUT2D eigenvalue weighted by molar-refractivity contribution is 6.31. The Bertz CT molecular complexity index is 644. The first-order valence-electron chi connectivity index (χ1n) is 5.98. The fraction of sp³-hybridized carbons (Fsp3) is 0.167. The Kier molecular flexibility index (Phi) is 4.72. The molecule has 110 valence electrons. The molecule has 0 spiro atoms. The number of nitrogens with one attached hydrogen (secondary N) is 3. The van der Waals surface area contributed by atoms with E-state index >= 15 is 0 Å². The summed E-state index contributed by atoms with van der Waals surface area (Å²) in [6, 6.07) is 3.69. The van der Waals surface area contributed by atoms with E-state index in [1.807, 2.05) is 0 Å². The number of halogens is 1. The van der Waals surface area contributed by atoms with Crippen molar-refractivity contribution in [1.82, 2.24) is 20.5 Å². The molecule has 0 saturated heterocycles. The number of amides is 2. The van der Waals surface area contributed by atoms with Crippen LogP contribution in [-0.4, -0.2) is 38.8 Å². The van der Waals surface area contributed by atoms with E-state index in [9.17, 15) is 9.59 Å². The molecule has 0 bridgehead atoms. The number of aromatic carboxylic acids is 1. The van der Waals surface area contributed by atoms with Gasteiger partial charge in [0.15, 0.2) is 0 Å². The molecule has 9 heteroatoms. The second kappa shape index (κ2) is 6.71. The number of aromatic nitrogens is 3. The molecular formula is C12H12ClN5O3. The molecule has 0 radical (unpaired) electrons. The number of carbonyl (C=O) groups is 2. The second-order valence-corrected chi connectivity index (χ2v) is 4.49. The molecule has 0 fully saturated rings. The molecule has 0 unspecified atom stereocenters. The average molecular weight is 310 g/mol. The molecule has 1 aromatic heterocycles. The highest BCUT2D eigenvalue weighted by atomic mass is 35.5. The third kappa shape index (κ3) is 4.18. The molecule has 4 N–H and O–H groups in total. The average Bonchev–Trinajstić information content (AvgIpc) is 2.94. The number of carbonyl (C=O) groups excluding carboxylic acids is 1. The monoisotopic (exact) mass is 309 g/mol. The number of carboxylic acid groups (broad SMARTS) is 1. The van der Waals surface area contributed by atoms with Crippen molar-refractivity contribution in [3.8, 4) is 0 Å². The van der Waals surface area contributed by atoms with E-state index in [2.05, 4.69) is 25.8 Å². The minimum Gasteiger partial charge on any atom is -0.478 e. The van der Waals surface area contributed by atoms with Crippen molar-refractivity contribution < 1.29 is 14.7 Å². The van der Waals surface area contributed by atoms with Gasteiger partial charge in [0, 0.05) is 18.0 Å². The maximum atomic E-state index is 11.7. The summed E-state index contributed by atoms with van der Waals surface area (Å²) < 4.78 is 0. The molecule has 0 aliphatic rings. The molecule has 0 aliphatic heterocycles. The van der Waals surface area contributed by atoms with Crippen LogP contribution in [0, 0.1) is 0 Å². The van der Waals surface area contributed by atoms with Crippen molar-refractivity contribution in [3.63, 3.8) is 0 Å². The van der Waals surface area contributed by atoms with Crippen LogP contribution in [0.2, 0.25) is 5.02 Å². The van der Waals surface area contributed by atoms with Gasteiger partial charge < -0.3 is 15.7 Å². The third-order valence-corrected chi connectivity index (χ3v) is 2.81. The molecular weight excluding hydrogens is 298 g/mol. The van der Waals surface area contributed by atoms with Gasteiger partial charge in [-0.3, -0.25) is 5.10 Å². The SMILES string of the molecule is O=C(NCCc1ncn[nH]1)Nc1ccc(Cl)cc1C(=O)O. The largest absolute Gasteiger partial charge is 0.478 e. The lowest BCUT2D eigenvalue weighted by molar-refractivity contribution is 0.0698. The number of aromatic amines is 1. The molecule has 0 saturated carbocycles. The Morgan fingerprint density at radius 3 is 2.86 bits per heavy atom. The Morgan fingerprint density at radius 1 is 1.38 bits per heavy atom. The minimum atomic E-state index is -1.17. The zero-order valence-corrected chi connectivity index (χ0v) is 11.5. The third-order valence-electron chi connectivity index (χ3n) is 2.57. The molecule has 1 heterocycles. The van der Waals surface area contributed by atoms with Crippen molar-refractivity contribution in [2.45, 2.75) is 6.42 Å². The summed E-state index contributed by atoms with van der Waals surface area (Å²) in [6.07, 6.45) is 1.86. The van der Waals surface area contributed by atoms with Gasteiger partial charge in [0.25, 0.3) is 0 Å². The number of hydrogen-bond acceptors (Lipinski definition) is 4. The van der Waals surface area contributed by atoms with Crippen molar-refractivity contribution in [1.29, 1.82) is 0 Å². The first kappa shape index (κ1) is 14.8. The summed E-state index contributed by atoms with van der Waals surface area (Å²) in [5, 5.41) is 20.7. The Hall–Kier alpha value is -2.61. The molecule has 0 atom stereocenters. The van der Waals surface area contributed by atoms with Gasteiger partial charge >= 0.3 is 12.0 Å². The number of anilines is 1. The van der Waals surface area contributed by atoms with Crippen LogP contribution in [0.5, 0.6) is 0 Å². The molecule has 0 aliphatic carbocycles. The van der Waals surface area contributed by atoms with Crippen molar-refractivity contribution in [2.24, 2.45) is 0 Å². The van der Waals surface area contributed by atoms with Crippen molar-refractivity contribution in [3.05, 3.63) is 40.9 Å². The van der Waals surface area contributed by atoms with E-state index in [1.165, 1.54) is 24.5 Å². The lowest BCUT2D eigenvalue weighted by Crippen LogP contribution is -2.31. The van der Waals surface area contributed by atoms with Crippen LogP contribution in [0.1, 0.15) is 16.2 Å². The maximum Gasteiger partial charge on any atom is 0.337 e. The van der Waals surface area contributed by atoms with Crippen LogP contribution in [0.4, 0.5) is 10.5 Å². The van der Waals surface area contributed by atoms with Gasteiger partial charge in [-0.1, -0.05) is 11.6 Å². The van der Waals surface area contributed by atoms with Gasteiger partial charge in [-0.15, -0.1) is 0 Å². The van der Waals surface area contributed by atoms with E-state index in [0.717, 1.165) is 0 Å². The highest BCUT2D eigenvalue weighted by Crippen LogP contribution is 2.20. The number of H-pyrrole nitrogens is 1. The van der Waals surface area contributed by atoms with Crippen LogP contribution in [0.15, 0.2) is 24.5 Å². The van der Waals surface area contributed by atoms with Crippen LogP contribution >= 0.6 is 11.6 Å². The molecule has 2 rings (SSSR count). The fourth-order valence-corrected chi connectivity index (χ4v) is 1.79. The number of benzene rings is 1. The van der Waals surface area contributed by atoms with Crippen molar-refractivity contribution in [2.75, 3.05) is 11.9 Å².